The van der Waals surface area contributed by atoms with Crippen molar-refractivity contribution in [3.63, 3.8) is 0 Å². The highest BCUT2D eigenvalue weighted by molar-refractivity contribution is 7.16. The average Bonchev–Trinajstić information content (AvgIpc) is 3.16. The number of benzene rings is 1. The molecule has 0 fully saturated rings. The minimum Gasteiger partial charge on any atom is -0.465 e. The molecule has 1 aromatic carbocycles. The molecule has 0 saturated heterocycles. The van der Waals surface area contributed by atoms with Crippen molar-refractivity contribution < 1.29 is 18.7 Å². The van der Waals surface area contributed by atoms with Gasteiger partial charge in [0.25, 0.3) is 5.91 Å². The van der Waals surface area contributed by atoms with Gasteiger partial charge in [-0.05, 0) is 36.6 Å². The second-order valence-corrected chi connectivity index (χ2v) is 7.19. The van der Waals surface area contributed by atoms with E-state index in [0.29, 0.717) is 15.0 Å². The number of hydrogen-bond acceptors (Lipinski definition) is 5. The minimum absolute atomic E-state index is 0.0788. The predicted molar refractivity (Wildman–Crippen MR) is 95.0 cm³/mol. The highest BCUT2D eigenvalue weighted by Crippen LogP contribution is 2.19. The normalized spacial score (nSPS) is 11.8. The Bertz CT molecular complexity index is 974. The molecule has 8 heteroatoms. The van der Waals surface area contributed by atoms with Gasteiger partial charge in [0.15, 0.2) is 4.80 Å². The largest absolute Gasteiger partial charge is 0.465 e. The predicted octanol–water partition coefficient (Wildman–Crippen LogP) is 3.14. The second-order valence-electron chi connectivity index (χ2n) is 5.15. The third-order valence-corrected chi connectivity index (χ3v) is 5.28. The standard InChI is InChI=1S/C17H15FN2O3S2/c1-2-23-16(22)10-20-13-6-5-11(18)8-14(13)25-17(20)19-15(21)9-12-4-3-7-24-12/h3-8H,2,9-10H2,1H3. The summed E-state index contributed by atoms with van der Waals surface area (Å²) >= 11 is 2.65. The summed E-state index contributed by atoms with van der Waals surface area (Å²) in [5.74, 6) is -1.13. The number of rotatable bonds is 5. The maximum Gasteiger partial charge on any atom is 0.326 e. The van der Waals surface area contributed by atoms with Crippen LogP contribution in [-0.4, -0.2) is 23.1 Å². The van der Waals surface area contributed by atoms with Crippen molar-refractivity contribution in [3.05, 3.63) is 51.2 Å². The highest BCUT2D eigenvalue weighted by atomic mass is 32.1. The number of ether oxygens (including phenoxy) is 1. The van der Waals surface area contributed by atoms with Gasteiger partial charge in [-0.2, -0.15) is 4.99 Å². The molecule has 25 heavy (non-hydrogen) atoms. The number of fused-ring (bicyclic) bond motifs is 1. The van der Waals surface area contributed by atoms with Gasteiger partial charge in [0.1, 0.15) is 12.4 Å². The number of amides is 1. The van der Waals surface area contributed by atoms with Crippen LogP contribution in [0.3, 0.4) is 0 Å². The van der Waals surface area contributed by atoms with E-state index >= 15 is 0 Å². The Morgan fingerprint density at radius 1 is 1.32 bits per heavy atom. The van der Waals surface area contributed by atoms with Crippen LogP contribution in [-0.2, 0) is 27.3 Å². The van der Waals surface area contributed by atoms with E-state index in [1.807, 2.05) is 17.5 Å². The summed E-state index contributed by atoms with van der Waals surface area (Å²) in [5, 5.41) is 1.89. The van der Waals surface area contributed by atoms with Crippen molar-refractivity contribution in [2.24, 2.45) is 4.99 Å². The summed E-state index contributed by atoms with van der Waals surface area (Å²) in [6, 6.07) is 7.99. The zero-order valence-electron chi connectivity index (χ0n) is 13.4. The van der Waals surface area contributed by atoms with Crippen LogP contribution >= 0.6 is 22.7 Å². The molecule has 0 radical (unpaired) electrons. The summed E-state index contributed by atoms with van der Waals surface area (Å²) in [5.41, 5.74) is 0.641. The van der Waals surface area contributed by atoms with Crippen LogP contribution < -0.4 is 4.80 Å². The molecule has 130 valence electrons. The lowest BCUT2D eigenvalue weighted by Gasteiger charge is -2.05. The molecule has 0 aliphatic rings. The van der Waals surface area contributed by atoms with E-state index in [2.05, 4.69) is 4.99 Å². The lowest BCUT2D eigenvalue weighted by atomic mass is 10.3. The van der Waals surface area contributed by atoms with E-state index in [9.17, 15) is 14.0 Å². The Labute approximate surface area is 151 Å². The molecule has 0 aliphatic carbocycles. The first-order valence-corrected chi connectivity index (χ1v) is 9.31. The molecule has 0 unspecified atom stereocenters. The van der Waals surface area contributed by atoms with Gasteiger partial charge < -0.3 is 9.30 Å². The average molecular weight is 378 g/mol. The molecule has 0 atom stereocenters. The first-order chi connectivity index (χ1) is 12.1. The molecule has 0 spiro atoms. The molecule has 0 aliphatic heterocycles. The van der Waals surface area contributed by atoms with Gasteiger partial charge in [-0.25, -0.2) is 4.39 Å². The zero-order chi connectivity index (χ0) is 17.8. The maximum absolute atomic E-state index is 13.5. The fraction of sp³-hybridized carbons (Fsp3) is 0.235. The SMILES string of the molecule is CCOC(=O)Cn1c(=NC(=O)Cc2cccs2)sc2cc(F)ccc21. The van der Waals surface area contributed by atoms with Crippen LogP contribution in [0.1, 0.15) is 11.8 Å². The van der Waals surface area contributed by atoms with Gasteiger partial charge in [0.05, 0.1) is 23.2 Å². The van der Waals surface area contributed by atoms with Crippen LogP contribution in [0.25, 0.3) is 10.2 Å². The van der Waals surface area contributed by atoms with E-state index < -0.39 is 5.97 Å². The molecular weight excluding hydrogens is 363 g/mol. The summed E-state index contributed by atoms with van der Waals surface area (Å²) in [7, 11) is 0. The van der Waals surface area contributed by atoms with Gasteiger partial charge in [0, 0.05) is 4.88 Å². The summed E-state index contributed by atoms with van der Waals surface area (Å²) in [6.45, 7) is 1.91. The van der Waals surface area contributed by atoms with Crippen molar-refractivity contribution in [3.8, 4) is 0 Å². The van der Waals surface area contributed by atoms with Crippen LogP contribution in [0.2, 0.25) is 0 Å². The number of aromatic nitrogens is 1. The molecule has 0 saturated carbocycles. The van der Waals surface area contributed by atoms with Crippen LogP contribution in [0, 0.1) is 5.82 Å². The molecule has 0 N–H and O–H groups in total. The topological polar surface area (TPSA) is 60.7 Å². The van der Waals surface area contributed by atoms with E-state index in [0.717, 1.165) is 4.88 Å². The van der Waals surface area contributed by atoms with Gasteiger partial charge in [0.2, 0.25) is 0 Å². The monoisotopic (exact) mass is 378 g/mol. The molecular formula is C17H15FN2O3S2. The highest BCUT2D eigenvalue weighted by Gasteiger charge is 2.13. The first kappa shape index (κ1) is 17.5. The number of thiazole rings is 1. The van der Waals surface area contributed by atoms with E-state index in [-0.39, 0.29) is 31.3 Å². The number of halogens is 1. The smallest absolute Gasteiger partial charge is 0.326 e. The van der Waals surface area contributed by atoms with Gasteiger partial charge >= 0.3 is 5.97 Å². The van der Waals surface area contributed by atoms with Gasteiger partial charge in [-0.3, -0.25) is 9.59 Å². The van der Waals surface area contributed by atoms with E-state index in [4.69, 9.17) is 4.74 Å². The fourth-order valence-corrected chi connectivity index (χ4v) is 4.10. The molecule has 3 aromatic rings. The lowest BCUT2D eigenvalue weighted by molar-refractivity contribution is -0.143. The molecule has 2 heterocycles. The Morgan fingerprint density at radius 2 is 2.16 bits per heavy atom. The lowest BCUT2D eigenvalue weighted by Crippen LogP contribution is -2.23. The van der Waals surface area contributed by atoms with Crippen LogP contribution in [0.4, 0.5) is 4.39 Å². The maximum atomic E-state index is 13.5. The number of carbonyl (C=O) groups excluding carboxylic acids is 2. The summed E-state index contributed by atoms with van der Waals surface area (Å²) < 4.78 is 20.7. The minimum atomic E-state index is -0.432. The first-order valence-electron chi connectivity index (χ1n) is 7.61. The van der Waals surface area contributed by atoms with E-state index in [1.54, 1.807) is 17.6 Å². The number of nitrogens with zero attached hydrogens (tertiary/aromatic N) is 2. The third-order valence-electron chi connectivity index (χ3n) is 3.36. The quantitative estimate of drug-likeness (QED) is 0.641. The summed E-state index contributed by atoms with van der Waals surface area (Å²) in [4.78, 5) is 29.5. The van der Waals surface area contributed by atoms with Crippen molar-refractivity contribution in [1.29, 1.82) is 0 Å². The molecule has 5 nitrogen and oxygen atoms in total. The van der Waals surface area contributed by atoms with E-state index in [1.165, 1.54) is 34.8 Å². The second kappa shape index (κ2) is 7.71. The number of hydrogen-bond donors (Lipinski definition) is 0. The van der Waals surface area contributed by atoms with Crippen LogP contribution in [0.15, 0.2) is 40.7 Å². The molecule has 1 amide bonds. The van der Waals surface area contributed by atoms with Crippen molar-refractivity contribution >= 4 is 44.8 Å². The Balaban J connectivity index is 2.01. The summed E-state index contributed by atoms with van der Waals surface area (Å²) in [6.07, 6.45) is 0.194. The van der Waals surface area contributed by atoms with Crippen molar-refractivity contribution in [2.45, 2.75) is 19.9 Å². The Kier molecular flexibility index (Phi) is 5.40. The third kappa shape index (κ3) is 4.21. The zero-order valence-corrected chi connectivity index (χ0v) is 15.0. The van der Waals surface area contributed by atoms with Crippen molar-refractivity contribution in [1.82, 2.24) is 4.57 Å². The van der Waals surface area contributed by atoms with Crippen LogP contribution in [0.5, 0.6) is 0 Å². The Hall–Kier alpha value is -2.32. The molecule has 3 rings (SSSR count). The number of esters is 1. The van der Waals surface area contributed by atoms with Crippen molar-refractivity contribution in [2.75, 3.05) is 6.61 Å². The fourth-order valence-electron chi connectivity index (χ4n) is 2.33. The molecule has 0 bridgehead atoms. The number of carbonyl (C=O) groups is 2. The van der Waals surface area contributed by atoms with Gasteiger partial charge in [-0.1, -0.05) is 17.4 Å². The Morgan fingerprint density at radius 3 is 2.88 bits per heavy atom. The van der Waals surface area contributed by atoms with Gasteiger partial charge in [-0.15, -0.1) is 11.3 Å². The molecule has 2 aromatic heterocycles. The number of thiophene rings is 1.